The monoisotopic (exact) mass is 410 g/mol. The third-order valence-electron chi connectivity index (χ3n) is 5.36. The Morgan fingerprint density at radius 1 is 1.33 bits per heavy atom. The maximum atomic E-state index is 12.8. The maximum Gasteiger partial charge on any atom is 0.279 e. The molecule has 1 aliphatic carbocycles. The number of hydrogen-bond donors (Lipinski definition) is 3. The van der Waals surface area contributed by atoms with Crippen molar-refractivity contribution in [3.8, 4) is 11.5 Å². The van der Waals surface area contributed by atoms with Crippen LogP contribution >= 0.6 is 0 Å². The van der Waals surface area contributed by atoms with Gasteiger partial charge >= 0.3 is 0 Å². The molecule has 10 heteroatoms. The zero-order valence-electron chi connectivity index (χ0n) is 16.4. The molecule has 3 aromatic rings. The summed E-state index contributed by atoms with van der Waals surface area (Å²) in [5.41, 5.74) is 1.02. The van der Waals surface area contributed by atoms with Crippen molar-refractivity contribution in [1.29, 1.82) is 0 Å². The average Bonchev–Trinajstić information content (AvgIpc) is 3.15. The van der Waals surface area contributed by atoms with Crippen molar-refractivity contribution in [1.82, 2.24) is 25.6 Å². The maximum absolute atomic E-state index is 12.8. The van der Waals surface area contributed by atoms with Crippen LogP contribution < -0.4 is 16.0 Å². The van der Waals surface area contributed by atoms with E-state index in [4.69, 9.17) is 8.94 Å². The van der Waals surface area contributed by atoms with Crippen LogP contribution in [0.25, 0.3) is 11.5 Å². The number of carbonyl (C=O) groups is 2. The number of anilines is 1. The minimum absolute atomic E-state index is 0.0484. The van der Waals surface area contributed by atoms with Crippen LogP contribution in [0.3, 0.4) is 0 Å². The van der Waals surface area contributed by atoms with Crippen molar-refractivity contribution >= 4 is 17.6 Å². The van der Waals surface area contributed by atoms with Gasteiger partial charge in [0, 0.05) is 30.5 Å². The molecule has 30 heavy (non-hydrogen) atoms. The van der Waals surface area contributed by atoms with E-state index in [2.05, 4.69) is 26.2 Å². The van der Waals surface area contributed by atoms with Crippen LogP contribution in [-0.2, 0) is 4.79 Å². The number of amides is 2. The van der Waals surface area contributed by atoms with Crippen LogP contribution in [0, 0.1) is 0 Å². The second-order valence-corrected chi connectivity index (χ2v) is 7.63. The fraction of sp³-hybridized carbons (Fsp3) is 0.400. The molecule has 0 aromatic carbocycles. The van der Waals surface area contributed by atoms with Gasteiger partial charge in [0.15, 0.2) is 17.7 Å². The molecule has 2 aliphatic rings. The molecule has 156 valence electrons. The van der Waals surface area contributed by atoms with Crippen molar-refractivity contribution in [2.24, 2.45) is 0 Å². The first-order valence-corrected chi connectivity index (χ1v) is 10.1. The molecule has 2 unspecified atom stereocenters. The quantitative estimate of drug-likeness (QED) is 0.570. The van der Waals surface area contributed by atoms with Gasteiger partial charge in [0.25, 0.3) is 5.91 Å². The largest absolute Gasteiger partial charge is 0.461 e. The highest BCUT2D eigenvalue weighted by atomic mass is 16.5. The lowest BCUT2D eigenvalue weighted by molar-refractivity contribution is -0.125. The van der Waals surface area contributed by atoms with E-state index < -0.39 is 12.2 Å². The van der Waals surface area contributed by atoms with Crippen LogP contribution in [0.2, 0.25) is 0 Å². The summed E-state index contributed by atoms with van der Waals surface area (Å²) in [7, 11) is 0. The Labute approximate surface area is 172 Å². The number of aromatic nitrogens is 3. The SMILES string of the molecule is CCC1CC(=O)NC(n2nc(C3CC3)cc2NC(=O)c2cc(-c3ccco3)on2)N1. The third-order valence-corrected chi connectivity index (χ3v) is 5.36. The molecule has 2 amide bonds. The smallest absolute Gasteiger partial charge is 0.279 e. The summed E-state index contributed by atoms with van der Waals surface area (Å²) in [5.74, 6) is 1.24. The fourth-order valence-electron chi connectivity index (χ4n) is 3.53. The van der Waals surface area contributed by atoms with Gasteiger partial charge < -0.3 is 19.6 Å². The van der Waals surface area contributed by atoms with E-state index in [0.717, 1.165) is 25.0 Å². The zero-order chi connectivity index (χ0) is 20.7. The standard InChI is InChI=1S/C20H22N6O4/c1-2-12-8-18(27)23-20(21-12)26-17(10-13(24-26)11-5-6-11)22-19(28)14-9-16(30-25-14)15-4-3-7-29-15/h3-4,7,9-12,20-21H,2,5-6,8H2,1H3,(H,22,28)(H,23,27). The highest BCUT2D eigenvalue weighted by Crippen LogP contribution is 2.40. The summed E-state index contributed by atoms with van der Waals surface area (Å²) < 4.78 is 12.1. The van der Waals surface area contributed by atoms with E-state index in [1.165, 1.54) is 12.3 Å². The first kappa shape index (κ1) is 18.6. The number of nitrogens with zero attached hydrogens (tertiary/aromatic N) is 3. The summed E-state index contributed by atoms with van der Waals surface area (Å²) in [6.07, 6.45) is 4.36. The van der Waals surface area contributed by atoms with E-state index in [1.807, 2.05) is 13.0 Å². The van der Waals surface area contributed by atoms with Gasteiger partial charge in [-0.15, -0.1) is 0 Å². The molecule has 1 saturated carbocycles. The molecule has 4 heterocycles. The Balaban J connectivity index is 1.40. The van der Waals surface area contributed by atoms with Gasteiger partial charge in [-0.2, -0.15) is 5.10 Å². The molecule has 1 saturated heterocycles. The molecule has 3 N–H and O–H groups in total. The minimum Gasteiger partial charge on any atom is -0.461 e. The highest BCUT2D eigenvalue weighted by Gasteiger charge is 2.32. The number of nitrogens with one attached hydrogen (secondary N) is 3. The molecule has 2 fully saturated rings. The van der Waals surface area contributed by atoms with E-state index in [1.54, 1.807) is 16.8 Å². The Morgan fingerprint density at radius 3 is 2.93 bits per heavy atom. The predicted molar refractivity (Wildman–Crippen MR) is 105 cm³/mol. The van der Waals surface area contributed by atoms with Gasteiger partial charge in [-0.3, -0.25) is 14.9 Å². The average molecular weight is 410 g/mol. The second-order valence-electron chi connectivity index (χ2n) is 7.63. The predicted octanol–water partition coefficient (Wildman–Crippen LogP) is 2.61. The normalized spacial score (nSPS) is 21.4. The van der Waals surface area contributed by atoms with Gasteiger partial charge in [-0.25, -0.2) is 4.68 Å². The lowest BCUT2D eigenvalue weighted by atomic mass is 10.1. The zero-order valence-corrected chi connectivity index (χ0v) is 16.4. The molecular weight excluding hydrogens is 388 g/mol. The summed E-state index contributed by atoms with van der Waals surface area (Å²) in [6.45, 7) is 2.02. The summed E-state index contributed by atoms with van der Waals surface area (Å²) >= 11 is 0. The van der Waals surface area contributed by atoms with Crippen LogP contribution in [0.4, 0.5) is 5.82 Å². The molecule has 3 aromatic heterocycles. The van der Waals surface area contributed by atoms with Crippen LogP contribution in [0.1, 0.15) is 61.0 Å². The molecule has 1 aliphatic heterocycles. The Kier molecular flexibility index (Phi) is 4.62. The highest BCUT2D eigenvalue weighted by molar-refractivity contribution is 6.02. The van der Waals surface area contributed by atoms with E-state index >= 15 is 0 Å². The lowest BCUT2D eigenvalue weighted by Crippen LogP contribution is -2.53. The van der Waals surface area contributed by atoms with E-state index in [9.17, 15) is 9.59 Å². The number of furan rings is 1. The number of carbonyl (C=O) groups excluding carboxylic acids is 2. The minimum atomic E-state index is -0.532. The van der Waals surface area contributed by atoms with Crippen molar-refractivity contribution < 1.29 is 18.5 Å². The van der Waals surface area contributed by atoms with Crippen molar-refractivity contribution in [2.45, 2.75) is 50.9 Å². The summed E-state index contributed by atoms with van der Waals surface area (Å²) in [6, 6.07) is 6.87. The molecule has 0 spiro atoms. The van der Waals surface area contributed by atoms with Crippen molar-refractivity contribution in [3.05, 3.63) is 41.9 Å². The van der Waals surface area contributed by atoms with E-state index in [0.29, 0.717) is 29.7 Å². The first-order valence-electron chi connectivity index (χ1n) is 10.1. The number of hydrogen-bond acceptors (Lipinski definition) is 7. The molecular formula is C20H22N6O4. The topological polar surface area (TPSA) is 127 Å². The summed E-state index contributed by atoms with van der Waals surface area (Å²) in [4.78, 5) is 24.9. The lowest BCUT2D eigenvalue weighted by Gasteiger charge is -2.31. The molecule has 2 atom stereocenters. The van der Waals surface area contributed by atoms with Gasteiger partial charge in [0.05, 0.1) is 12.0 Å². The molecule has 10 nitrogen and oxygen atoms in total. The van der Waals surface area contributed by atoms with Gasteiger partial charge in [0.1, 0.15) is 5.82 Å². The first-order chi connectivity index (χ1) is 14.6. The van der Waals surface area contributed by atoms with Gasteiger partial charge in [-0.1, -0.05) is 12.1 Å². The molecule has 5 rings (SSSR count). The van der Waals surface area contributed by atoms with Crippen LogP contribution in [0.15, 0.2) is 39.5 Å². The van der Waals surface area contributed by atoms with Crippen LogP contribution in [0.5, 0.6) is 0 Å². The Morgan fingerprint density at radius 2 is 2.20 bits per heavy atom. The third kappa shape index (κ3) is 3.61. The summed E-state index contributed by atoms with van der Waals surface area (Å²) in [5, 5.41) is 17.6. The Bertz CT molecular complexity index is 1070. The molecule has 0 bridgehead atoms. The van der Waals surface area contributed by atoms with Crippen molar-refractivity contribution in [2.75, 3.05) is 5.32 Å². The van der Waals surface area contributed by atoms with E-state index in [-0.39, 0.29) is 17.6 Å². The fourth-order valence-corrected chi connectivity index (χ4v) is 3.53. The van der Waals surface area contributed by atoms with Gasteiger partial charge in [-0.05, 0) is 31.4 Å². The number of rotatable bonds is 6. The second kappa shape index (κ2) is 7.45. The molecule has 0 radical (unpaired) electrons. The Hall–Kier alpha value is -3.40. The van der Waals surface area contributed by atoms with Crippen LogP contribution in [-0.4, -0.2) is 32.8 Å². The van der Waals surface area contributed by atoms with Gasteiger partial charge in [0.2, 0.25) is 11.7 Å². The van der Waals surface area contributed by atoms with Crippen molar-refractivity contribution in [3.63, 3.8) is 0 Å².